The summed E-state index contributed by atoms with van der Waals surface area (Å²) in [6, 6.07) is 3.81. The Bertz CT molecular complexity index is 492. The molecule has 22 heavy (non-hydrogen) atoms. The van der Waals surface area contributed by atoms with Crippen molar-refractivity contribution in [3.05, 3.63) is 35.4 Å². The van der Waals surface area contributed by atoms with Crippen LogP contribution in [0, 0.1) is 0 Å². The van der Waals surface area contributed by atoms with E-state index in [9.17, 15) is 23.1 Å². The van der Waals surface area contributed by atoms with E-state index in [1.165, 1.54) is 12.1 Å². The van der Waals surface area contributed by atoms with E-state index < -0.39 is 29.9 Å². The molecule has 4 nitrogen and oxygen atoms in total. The highest BCUT2D eigenvalue weighted by Crippen LogP contribution is 2.30. The summed E-state index contributed by atoms with van der Waals surface area (Å²) in [5.41, 5.74) is -0.372. The molecule has 2 atom stereocenters. The largest absolute Gasteiger partial charge is 0.416 e. The molecule has 0 heterocycles. The molecule has 2 amide bonds. The van der Waals surface area contributed by atoms with E-state index in [4.69, 9.17) is 0 Å². The van der Waals surface area contributed by atoms with Crippen molar-refractivity contribution < 1.29 is 23.1 Å². The lowest BCUT2D eigenvalue weighted by Gasteiger charge is -2.17. The smallest absolute Gasteiger partial charge is 0.393 e. The lowest BCUT2D eigenvalue weighted by Crippen LogP contribution is -2.38. The summed E-state index contributed by atoms with van der Waals surface area (Å²) in [6.07, 6.45) is -3.85. The number of aliphatic hydroxyl groups is 1. The number of urea groups is 1. The van der Waals surface area contributed by atoms with Gasteiger partial charge in [0.2, 0.25) is 0 Å². The monoisotopic (exact) mass is 318 g/mol. The highest BCUT2D eigenvalue weighted by Gasteiger charge is 2.30. The maximum Gasteiger partial charge on any atom is 0.416 e. The van der Waals surface area contributed by atoms with Crippen molar-refractivity contribution in [1.82, 2.24) is 10.6 Å². The van der Waals surface area contributed by atoms with Gasteiger partial charge in [0.1, 0.15) is 0 Å². The number of halogens is 3. The van der Waals surface area contributed by atoms with Crippen LogP contribution in [-0.2, 0) is 6.18 Å². The first-order valence-corrected chi connectivity index (χ1v) is 7.13. The number of hydrogen-bond donors (Lipinski definition) is 3. The Balaban J connectivity index is 2.54. The number of amides is 2. The van der Waals surface area contributed by atoms with Crippen LogP contribution in [0.1, 0.15) is 43.9 Å². The average molecular weight is 318 g/mol. The van der Waals surface area contributed by atoms with Crippen LogP contribution in [0.25, 0.3) is 0 Å². The second-order valence-corrected chi connectivity index (χ2v) is 5.10. The Morgan fingerprint density at radius 3 is 2.64 bits per heavy atom. The molecule has 0 aliphatic rings. The van der Waals surface area contributed by atoms with E-state index >= 15 is 0 Å². The van der Waals surface area contributed by atoms with Crippen LogP contribution >= 0.6 is 0 Å². The summed E-state index contributed by atoms with van der Waals surface area (Å²) < 4.78 is 37.9. The van der Waals surface area contributed by atoms with Gasteiger partial charge in [0, 0.05) is 6.54 Å². The molecule has 7 heteroatoms. The lowest BCUT2D eigenvalue weighted by molar-refractivity contribution is -0.137. The molecule has 2 unspecified atom stereocenters. The van der Waals surface area contributed by atoms with Crippen molar-refractivity contribution in [3.8, 4) is 0 Å². The van der Waals surface area contributed by atoms with Crippen LogP contribution < -0.4 is 10.6 Å². The molecule has 1 aromatic rings. The van der Waals surface area contributed by atoms with E-state index in [2.05, 4.69) is 10.6 Å². The third-order valence-corrected chi connectivity index (χ3v) is 3.30. The summed E-state index contributed by atoms with van der Waals surface area (Å²) in [6.45, 7) is 3.74. The zero-order chi connectivity index (χ0) is 16.8. The van der Waals surface area contributed by atoms with Crippen LogP contribution in [0.4, 0.5) is 18.0 Å². The van der Waals surface area contributed by atoms with Crippen LogP contribution in [0.15, 0.2) is 24.3 Å². The van der Waals surface area contributed by atoms with Gasteiger partial charge in [-0.2, -0.15) is 13.2 Å². The normalized spacial score (nSPS) is 14.3. The fourth-order valence-corrected chi connectivity index (χ4v) is 1.87. The van der Waals surface area contributed by atoms with Gasteiger partial charge in [-0.3, -0.25) is 0 Å². The van der Waals surface area contributed by atoms with Crippen molar-refractivity contribution in [2.24, 2.45) is 0 Å². The molecule has 0 fully saturated rings. The summed E-state index contributed by atoms with van der Waals surface area (Å²) in [4.78, 5) is 11.7. The highest BCUT2D eigenvalue weighted by atomic mass is 19.4. The minimum Gasteiger partial charge on any atom is -0.393 e. The SMILES string of the molecule is CCC(O)CCNC(=O)NC(C)c1cccc(C(F)(F)F)c1. The predicted molar refractivity (Wildman–Crippen MR) is 77.3 cm³/mol. The number of benzene rings is 1. The number of carbonyl (C=O) groups excluding carboxylic acids is 1. The van der Waals surface area contributed by atoms with Gasteiger partial charge in [0.15, 0.2) is 0 Å². The second kappa shape index (κ2) is 8.03. The topological polar surface area (TPSA) is 61.4 Å². The Kier molecular flexibility index (Phi) is 6.67. The lowest BCUT2D eigenvalue weighted by atomic mass is 10.1. The summed E-state index contributed by atoms with van der Waals surface area (Å²) >= 11 is 0. The molecule has 124 valence electrons. The first-order valence-electron chi connectivity index (χ1n) is 7.13. The molecule has 1 rings (SSSR count). The molecule has 0 radical (unpaired) electrons. The second-order valence-electron chi connectivity index (χ2n) is 5.10. The quantitative estimate of drug-likeness (QED) is 0.754. The Morgan fingerprint density at radius 2 is 2.05 bits per heavy atom. The van der Waals surface area contributed by atoms with Crippen molar-refractivity contribution in [1.29, 1.82) is 0 Å². The van der Waals surface area contributed by atoms with Gasteiger partial charge in [-0.15, -0.1) is 0 Å². The zero-order valence-electron chi connectivity index (χ0n) is 12.6. The van der Waals surface area contributed by atoms with Gasteiger partial charge < -0.3 is 15.7 Å². The number of aliphatic hydroxyl groups excluding tert-OH is 1. The maximum atomic E-state index is 12.6. The molecule has 0 spiro atoms. The van der Waals surface area contributed by atoms with Gasteiger partial charge in [0.25, 0.3) is 0 Å². The first kappa shape index (κ1) is 18.3. The van der Waals surface area contributed by atoms with Crippen molar-refractivity contribution >= 4 is 6.03 Å². The number of hydrogen-bond acceptors (Lipinski definition) is 2. The highest BCUT2D eigenvalue weighted by molar-refractivity contribution is 5.74. The summed E-state index contributed by atoms with van der Waals surface area (Å²) in [5, 5.41) is 14.5. The van der Waals surface area contributed by atoms with Gasteiger partial charge >= 0.3 is 12.2 Å². The van der Waals surface area contributed by atoms with Crippen LogP contribution in [0.3, 0.4) is 0 Å². The average Bonchev–Trinajstić information content (AvgIpc) is 2.46. The number of rotatable bonds is 6. The number of alkyl halides is 3. The third kappa shape index (κ3) is 5.93. The van der Waals surface area contributed by atoms with Crippen LogP contribution in [-0.4, -0.2) is 23.8 Å². The number of carbonyl (C=O) groups is 1. The molecule has 0 bridgehead atoms. The predicted octanol–water partition coefficient (Wildman–Crippen LogP) is 3.23. The standard InChI is InChI=1S/C15H21F3N2O2/c1-3-13(21)7-8-19-14(22)20-10(2)11-5-4-6-12(9-11)15(16,17)18/h4-6,9-10,13,21H,3,7-8H2,1-2H3,(H2,19,20,22). The summed E-state index contributed by atoms with van der Waals surface area (Å²) in [7, 11) is 0. The van der Waals surface area contributed by atoms with E-state index in [1.54, 1.807) is 6.92 Å². The molecule has 0 aromatic heterocycles. The van der Waals surface area contributed by atoms with Crippen LogP contribution in [0.5, 0.6) is 0 Å². The zero-order valence-corrected chi connectivity index (χ0v) is 12.6. The molecule has 0 saturated carbocycles. The molecule has 0 aliphatic heterocycles. The Hall–Kier alpha value is -1.76. The van der Waals surface area contributed by atoms with E-state index in [1.807, 2.05) is 6.92 Å². The van der Waals surface area contributed by atoms with E-state index in [0.717, 1.165) is 12.1 Å². The molecular weight excluding hydrogens is 297 g/mol. The minimum atomic E-state index is -4.41. The molecule has 1 aromatic carbocycles. The van der Waals surface area contributed by atoms with Gasteiger partial charge in [0.05, 0.1) is 17.7 Å². The summed E-state index contributed by atoms with van der Waals surface area (Å²) in [5.74, 6) is 0. The van der Waals surface area contributed by atoms with Crippen molar-refractivity contribution in [2.75, 3.05) is 6.54 Å². The minimum absolute atomic E-state index is 0.302. The Morgan fingerprint density at radius 1 is 1.36 bits per heavy atom. The number of nitrogens with one attached hydrogen (secondary N) is 2. The molecular formula is C15H21F3N2O2. The van der Waals surface area contributed by atoms with E-state index in [-0.39, 0.29) is 0 Å². The van der Waals surface area contributed by atoms with Crippen molar-refractivity contribution in [3.63, 3.8) is 0 Å². The fraction of sp³-hybridized carbons (Fsp3) is 0.533. The van der Waals surface area contributed by atoms with Gasteiger partial charge in [-0.05, 0) is 37.5 Å². The molecule has 0 aliphatic carbocycles. The Labute approximate surface area is 127 Å². The van der Waals surface area contributed by atoms with E-state index in [0.29, 0.717) is 24.9 Å². The maximum absolute atomic E-state index is 12.6. The third-order valence-electron chi connectivity index (χ3n) is 3.30. The van der Waals surface area contributed by atoms with Gasteiger partial charge in [-0.1, -0.05) is 19.1 Å². The molecule has 0 saturated heterocycles. The van der Waals surface area contributed by atoms with Crippen molar-refractivity contribution in [2.45, 2.75) is 45.0 Å². The molecule has 3 N–H and O–H groups in total. The first-order chi connectivity index (χ1) is 10.2. The van der Waals surface area contributed by atoms with Crippen LogP contribution in [0.2, 0.25) is 0 Å². The van der Waals surface area contributed by atoms with Gasteiger partial charge in [-0.25, -0.2) is 4.79 Å². The fourth-order valence-electron chi connectivity index (χ4n) is 1.87.